The van der Waals surface area contributed by atoms with Crippen molar-refractivity contribution < 1.29 is 13.2 Å². The lowest BCUT2D eigenvalue weighted by atomic mass is 10.3. The van der Waals surface area contributed by atoms with Crippen molar-refractivity contribution in [3.05, 3.63) is 0 Å². The van der Waals surface area contributed by atoms with Gasteiger partial charge >= 0.3 is 0 Å². The van der Waals surface area contributed by atoms with Gasteiger partial charge in [-0.05, 0) is 6.92 Å². The molecular weight excluding hydrogens is 232 g/mol. The van der Waals surface area contributed by atoms with Crippen LogP contribution in [-0.2, 0) is 15.0 Å². The van der Waals surface area contributed by atoms with Gasteiger partial charge in [0.1, 0.15) is 0 Å². The Balaban J connectivity index is 2.60. The van der Waals surface area contributed by atoms with Crippen LogP contribution in [0.3, 0.4) is 0 Å². The van der Waals surface area contributed by atoms with E-state index in [2.05, 4.69) is 15.4 Å². The first-order chi connectivity index (χ1) is 7.47. The topological polar surface area (TPSA) is 90.5 Å². The predicted molar refractivity (Wildman–Crippen MR) is 60.0 cm³/mol. The molecule has 0 aromatic carbocycles. The Morgan fingerprint density at radius 2 is 1.94 bits per heavy atom. The highest BCUT2D eigenvalue weighted by Crippen LogP contribution is 2.01. The van der Waals surface area contributed by atoms with Crippen molar-refractivity contribution in [2.75, 3.05) is 33.2 Å². The van der Waals surface area contributed by atoms with E-state index in [9.17, 15) is 13.2 Å². The minimum Gasteiger partial charge on any atom is -0.358 e. The lowest BCUT2D eigenvalue weighted by Crippen LogP contribution is -2.54. The van der Waals surface area contributed by atoms with Crippen molar-refractivity contribution in [3.63, 3.8) is 0 Å². The smallest absolute Gasteiger partial charge is 0.280 e. The molecule has 16 heavy (non-hydrogen) atoms. The van der Waals surface area contributed by atoms with Gasteiger partial charge in [0.05, 0.1) is 6.04 Å². The van der Waals surface area contributed by atoms with Crippen molar-refractivity contribution in [3.8, 4) is 0 Å². The van der Waals surface area contributed by atoms with Gasteiger partial charge in [0.15, 0.2) is 0 Å². The first-order valence-corrected chi connectivity index (χ1v) is 6.61. The van der Waals surface area contributed by atoms with Gasteiger partial charge in [-0.15, -0.1) is 0 Å². The van der Waals surface area contributed by atoms with E-state index in [1.807, 2.05) is 0 Å². The van der Waals surface area contributed by atoms with Gasteiger partial charge in [0.2, 0.25) is 5.91 Å². The maximum atomic E-state index is 11.8. The molecule has 1 aliphatic rings. The lowest BCUT2D eigenvalue weighted by molar-refractivity contribution is -0.121. The van der Waals surface area contributed by atoms with Crippen LogP contribution in [0.4, 0.5) is 0 Å². The van der Waals surface area contributed by atoms with E-state index in [1.165, 1.54) is 18.3 Å². The van der Waals surface area contributed by atoms with Crippen molar-refractivity contribution in [1.82, 2.24) is 19.7 Å². The van der Waals surface area contributed by atoms with Gasteiger partial charge in [-0.2, -0.15) is 17.4 Å². The molecule has 1 atom stereocenters. The molecule has 1 aliphatic heterocycles. The molecule has 0 aliphatic carbocycles. The quantitative estimate of drug-likeness (QED) is 0.531. The number of rotatable bonds is 4. The van der Waals surface area contributed by atoms with Crippen LogP contribution in [0.1, 0.15) is 6.92 Å². The van der Waals surface area contributed by atoms with Crippen LogP contribution in [-0.4, -0.2) is 57.9 Å². The monoisotopic (exact) mass is 250 g/mol. The number of hydrogen-bond acceptors (Lipinski definition) is 4. The average molecular weight is 250 g/mol. The van der Waals surface area contributed by atoms with Gasteiger partial charge in [-0.25, -0.2) is 0 Å². The summed E-state index contributed by atoms with van der Waals surface area (Å²) in [6, 6.07) is -0.759. The Bertz CT molecular complexity index is 337. The number of nitrogens with zero attached hydrogens (tertiary/aromatic N) is 1. The molecule has 94 valence electrons. The van der Waals surface area contributed by atoms with Crippen LogP contribution in [0, 0.1) is 0 Å². The second-order valence-corrected chi connectivity index (χ2v) is 5.31. The van der Waals surface area contributed by atoms with Crippen LogP contribution in [0.25, 0.3) is 0 Å². The van der Waals surface area contributed by atoms with Crippen LogP contribution in [0.5, 0.6) is 0 Å². The van der Waals surface area contributed by atoms with Crippen molar-refractivity contribution >= 4 is 16.1 Å². The first-order valence-electron chi connectivity index (χ1n) is 5.17. The zero-order valence-corrected chi connectivity index (χ0v) is 10.3. The largest absolute Gasteiger partial charge is 0.358 e. The highest BCUT2D eigenvalue weighted by molar-refractivity contribution is 7.87. The fourth-order valence-electron chi connectivity index (χ4n) is 1.45. The lowest BCUT2D eigenvalue weighted by Gasteiger charge is -2.27. The van der Waals surface area contributed by atoms with Crippen LogP contribution in [0.2, 0.25) is 0 Å². The first kappa shape index (κ1) is 13.4. The zero-order valence-electron chi connectivity index (χ0n) is 9.49. The third-order valence-electron chi connectivity index (χ3n) is 2.38. The highest BCUT2D eigenvalue weighted by atomic mass is 32.2. The van der Waals surface area contributed by atoms with Crippen LogP contribution in [0.15, 0.2) is 0 Å². The standard InChI is InChI=1S/C8H18N4O3S/c1-7(8(13)9-2)11-16(14,15)12-5-3-10-4-6-12/h7,10-11H,3-6H2,1-2H3,(H,9,13). The predicted octanol–water partition coefficient (Wildman–Crippen LogP) is -2.14. The summed E-state index contributed by atoms with van der Waals surface area (Å²) in [6.07, 6.45) is 0. The summed E-state index contributed by atoms with van der Waals surface area (Å²) in [5.41, 5.74) is 0. The number of likely N-dealkylation sites (N-methyl/N-ethyl adjacent to an activating group) is 1. The van der Waals surface area contributed by atoms with E-state index in [0.29, 0.717) is 26.2 Å². The molecule has 7 nitrogen and oxygen atoms in total. The third-order valence-corrected chi connectivity index (χ3v) is 4.08. The van der Waals surface area contributed by atoms with E-state index < -0.39 is 16.3 Å². The molecule has 8 heteroatoms. The number of carbonyl (C=O) groups is 1. The van der Waals surface area contributed by atoms with E-state index in [0.717, 1.165) is 0 Å². The Labute approximate surface area is 95.8 Å². The van der Waals surface area contributed by atoms with Gasteiger partial charge in [-0.1, -0.05) is 0 Å². The average Bonchev–Trinajstić information content (AvgIpc) is 2.28. The van der Waals surface area contributed by atoms with E-state index in [4.69, 9.17) is 0 Å². The van der Waals surface area contributed by atoms with E-state index >= 15 is 0 Å². The second kappa shape index (κ2) is 5.58. The van der Waals surface area contributed by atoms with Gasteiger partial charge < -0.3 is 10.6 Å². The third kappa shape index (κ3) is 3.41. The summed E-state index contributed by atoms with van der Waals surface area (Å²) in [4.78, 5) is 11.2. The molecule has 1 amide bonds. The molecule has 0 saturated carbocycles. The normalized spacial score (nSPS) is 20.4. The molecule has 0 aromatic rings. The maximum absolute atomic E-state index is 11.8. The SMILES string of the molecule is CNC(=O)C(C)NS(=O)(=O)N1CCNCC1. The Hall–Kier alpha value is -0.700. The molecular formula is C8H18N4O3S. The molecule has 0 radical (unpaired) electrons. The van der Waals surface area contributed by atoms with Crippen molar-refractivity contribution in [1.29, 1.82) is 0 Å². The molecule has 1 saturated heterocycles. The number of piperazine rings is 1. The Kier molecular flexibility index (Phi) is 4.66. The number of amides is 1. The number of hydrogen-bond donors (Lipinski definition) is 3. The zero-order chi connectivity index (χ0) is 12.2. The Morgan fingerprint density at radius 1 is 1.38 bits per heavy atom. The summed E-state index contributed by atoms with van der Waals surface area (Å²) in [7, 11) is -2.08. The molecule has 1 unspecified atom stereocenters. The Morgan fingerprint density at radius 3 is 2.44 bits per heavy atom. The minimum atomic E-state index is -3.56. The van der Waals surface area contributed by atoms with Crippen LogP contribution < -0.4 is 15.4 Å². The summed E-state index contributed by atoms with van der Waals surface area (Å²) in [5, 5.41) is 5.45. The number of carbonyl (C=O) groups excluding carboxylic acids is 1. The van der Waals surface area contributed by atoms with Gasteiger partial charge in [0, 0.05) is 33.2 Å². The van der Waals surface area contributed by atoms with Gasteiger partial charge in [0.25, 0.3) is 10.2 Å². The van der Waals surface area contributed by atoms with E-state index in [-0.39, 0.29) is 5.91 Å². The summed E-state index contributed by atoms with van der Waals surface area (Å²) in [6.45, 7) is 3.63. The van der Waals surface area contributed by atoms with Crippen molar-refractivity contribution in [2.24, 2.45) is 0 Å². The summed E-state index contributed by atoms with van der Waals surface area (Å²) >= 11 is 0. The summed E-state index contributed by atoms with van der Waals surface area (Å²) in [5.74, 6) is -0.348. The van der Waals surface area contributed by atoms with Crippen LogP contribution >= 0.6 is 0 Å². The second-order valence-electron chi connectivity index (χ2n) is 3.61. The molecule has 3 N–H and O–H groups in total. The summed E-state index contributed by atoms with van der Waals surface area (Å²) < 4.78 is 27.3. The van der Waals surface area contributed by atoms with Crippen molar-refractivity contribution in [2.45, 2.75) is 13.0 Å². The molecule has 1 heterocycles. The maximum Gasteiger partial charge on any atom is 0.280 e. The van der Waals surface area contributed by atoms with Gasteiger partial charge in [-0.3, -0.25) is 4.79 Å². The fourth-order valence-corrected chi connectivity index (χ4v) is 2.82. The molecule has 0 bridgehead atoms. The number of nitrogens with one attached hydrogen (secondary N) is 3. The highest BCUT2D eigenvalue weighted by Gasteiger charge is 2.26. The minimum absolute atomic E-state index is 0.348. The molecule has 0 aromatic heterocycles. The van der Waals surface area contributed by atoms with E-state index in [1.54, 1.807) is 0 Å². The molecule has 1 rings (SSSR count). The molecule has 0 spiro atoms. The fraction of sp³-hybridized carbons (Fsp3) is 0.875. The molecule has 1 fully saturated rings.